The molecule has 2 aromatic rings. The van der Waals surface area contributed by atoms with Gasteiger partial charge in [0.1, 0.15) is 17.1 Å². The van der Waals surface area contributed by atoms with Crippen molar-refractivity contribution in [2.24, 2.45) is 0 Å². The molecule has 1 N–H and O–H groups in total. The van der Waals surface area contributed by atoms with E-state index >= 15 is 0 Å². The maximum atomic E-state index is 12.5. The molecule has 0 unspecified atom stereocenters. The molecule has 3 rings (SSSR count). The molecule has 0 bridgehead atoms. The lowest BCUT2D eigenvalue weighted by atomic mass is 9.89. The number of aryl methyl sites for hydroxylation is 1. The minimum absolute atomic E-state index is 0.0529. The number of carbonyl (C=O) groups is 1. The molecule has 0 aromatic heterocycles. The molecular formula is C22H27NO3S. The summed E-state index contributed by atoms with van der Waals surface area (Å²) in [7, 11) is 1.64. The van der Waals surface area contributed by atoms with E-state index in [0.29, 0.717) is 5.75 Å². The van der Waals surface area contributed by atoms with E-state index in [-0.39, 0.29) is 17.6 Å². The molecule has 0 fully saturated rings. The van der Waals surface area contributed by atoms with Crippen LogP contribution in [-0.2, 0) is 10.5 Å². The molecule has 5 heteroatoms. The molecule has 0 saturated heterocycles. The Morgan fingerprint density at radius 1 is 1.30 bits per heavy atom. The standard InChI is InChI=1S/C22H27NO3S/c1-15-6-5-7-16(10-15)13-27-14-21(24)23-19-12-22(2,3)26-20-11-17(25-4)8-9-18(19)20/h5-11,19H,12-14H2,1-4H3,(H,23,24)/t19-/m0/s1. The fourth-order valence-corrected chi connectivity index (χ4v) is 4.17. The molecule has 1 aliphatic rings. The van der Waals surface area contributed by atoms with Gasteiger partial charge in [0.05, 0.1) is 18.9 Å². The number of carbonyl (C=O) groups excluding carboxylic acids is 1. The predicted octanol–water partition coefficient (Wildman–Crippen LogP) is 4.66. The SMILES string of the molecule is COc1ccc2c(c1)OC(C)(C)C[C@@H]2NC(=O)CSCc1cccc(C)c1. The van der Waals surface area contributed by atoms with Gasteiger partial charge in [0, 0.05) is 23.8 Å². The van der Waals surface area contributed by atoms with E-state index < -0.39 is 0 Å². The fourth-order valence-electron chi connectivity index (χ4n) is 3.39. The maximum absolute atomic E-state index is 12.5. The van der Waals surface area contributed by atoms with Gasteiger partial charge in [0.2, 0.25) is 5.91 Å². The number of methoxy groups -OCH3 is 1. The van der Waals surface area contributed by atoms with Gasteiger partial charge in [-0.1, -0.05) is 29.8 Å². The van der Waals surface area contributed by atoms with Crippen LogP contribution in [0.4, 0.5) is 0 Å². The summed E-state index contributed by atoms with van der Waals surface area (Å²) in [6.45, 7) is 6.17. The van der Waals surface area contributed by atoms with Gasteiger partial charge in [-0.25, -0.2) is 0 Å². The Morgan fingerprint density at radius 3 is 2.85 bits per heavy atom. The second kappa shape index (κ2) is 8.26. The molecule has 144 valence electrons. The number of benzene rings is 2. The number of hydrogen-bond acceptors (Lipinski definition) is 4. The van der Waals surface area contributed by atoms with Gasteiger partial charge in [0.25, 0.3) is 0 Å². The lowest BCUT2D eigenvalue weighted by Gasteiger charge is -2.38. The number of thioether (sulfide) groups is 1. The first-order valence-corrected chi connectivity index (χ1v) is 10.3. The van der Waals surface area contributed by atoms with E-state index in [1.807, 2.05) is 32.0 Å². The average Bonchev–Trinajstić information content (AvgIpc) is 2.60. The van der Waals surface area contributed by atoms with Gasteiger partial charge >= 0.3 is 0 Å². The highest BCUT2D eigenvalue weighted by molar-refractivity contribution is 7.99. The molecule has 0 spiro atoms. The molecule has 1 heterocycles. The topological polar surface area (TPSA) is 47.6 Å². The van der Waals surface area contributed by atoms with Crippen LogP contribution in [0.5, 0.6) is 11.5 Å². The van der Waals surface area contributed by atoms with E-state index in [1.165, 1.54) is 11.1 Å². The van der Waals surface area contributed by atoms with Crippen molar-refractivity contribution in [2.75, 3.05) is 12.9 Å². The summed E-state index contributed by atoms with van der Waals surface area (Å²) in [5.41, 5.74) is 3.16. The first-order valence-electron chi connectivity index (χ1n) is 9.16. The Bertz CT molecular complexity index is 819. The van der Waals surface area contributed by atoms with Crippen LogP contribution in [0.1, 0.15) is 43.0 Å². The average molecular weight is 386 g/mol. The number of rotatable bonds is 6. The van der Waals surface area contributed by atoms with E-state index in [2.05, 4.69) is 36.5 Å². The third-order valence-electron chi connectivity index (χ3n) is 4.60. The molecule has 1 amide bonds. The number of nitrogens with one attached hydrogen (secondary N) is 1. The number of ether oxygens (including phenoxy) is 2. The van der Waals surface area contributed by atoms with Crippen molar-refractivity contribution >= 4 is 17.7 Å². The van der Waals surface area contributed by atoms with Gasteiger partial charge in [0.15, 0.2) is 0 Å². The summed E-state index contributed by atoms with van der Waals surface area (Å²) in [4.78, 5) is 12.5. The molecule has 27 heavy (non-hydrogen) atoms. The molecule has 2 aromatic carbocycles. The van der Waals surface area contributed by atoms with Gasteiger partial charge in [-0.3, -0.25) is 4.79 Å². The fraction of sp³-hybridized carbons (Fsp3) is 0.409. The Morgan fingerprint density at radius 2 is 2.11 bits per heavy atom. The summed E-state index contributed by atoms with van der Waals surface area (Å²) in [6.07, 6.45) is 0.737. The zero-order chi connectivity index (χ0) is 19.4. The predicted molar refractivity (Wildman–Crippen MR) is 111 cm³/mol. The zero-order valence-electron chi connectivity index (χ0n) is 16.4. The van der Waals surface area contributed by atoms with Crippen molar-refractivity contribution < 1.29 is 14.3 Å². The second-order valence-corrected chi connectivity index (χ2v) is 8.56. The van der Waals surface area contributed by atoms with E-state index in [9.17, 15) is 4.79 Å². The van der Waals surface area contributed by atoms with Gasteiger partial charge in [-0.05, 0) is 38.5 Å². The molecule has 4 nitrogen and oxygen atoms in total. The van der Waals surface area contributed by atoms with Gasteiger partial charge < -0.3 is 14.8 Å². The summed E-state index contributed by atoms with van der Waals surface area (Å²) in [5, 5.41) is 3.19. The van der Waals surface area contributed by atoms with Crippen molar-refractivity contribution in [1.82, 2.24) is 5.32 Å². The van der Waals surface area contributed by atoms with Crippen molar-refractivity contribution in [3.63, 3.8) is 0 Å². The van der Waals surface area contributed by atoms with E-state index in [4.69, 9.17) is 9.47 Å². The van der Waals surface area contributed by atoms with E-state index in [1.54, 1.807) is 18.9 Å². The Hall–Kier alpha value is -2.14. The zero-order valence-corrected chi connectivity index (χ0v) is 17.2. The molecule has 1 aliphatic heterocycles. The normalized spacial score (nSPS) is 17.6. The van der Waals surface area contributed by atoms with Crippen molar-refractivity contribution in [3.8, 4) is 11.5 Å². The van der Waals surface area contributed by atoms with Crippen LogP contribution in [0.3, 0.4) is 0 Å². The van der Waals surface area contributed by atoms with Crippen LogP contribution in [0.2, 0.25) is 0 Å². The molecule has 1 atom stereocenters. The van der Waals surface area contributed by atoms with Crippen LogP contribution in [0.15, 0.2) is 42.5 Å². The van der Waals surface area contributed by atoms with Gasteiger partial charge in [-0.2, -0.15) is 0 Å². The van der Waals surface area contributed by atoms with Crippen LogP contribution < -0.4 is 14.8 Å². The lowest BCUT2D eigenvalue weighted by molar-refractivity contribution is -0.119. The Kier molecular flexibility index (Phi) is 6.00. The summed E-state index contributed by atoms with van der Waals surface area (Å²) in [6, 6.07) is 14.1. The largest absolute Gasteiger partial charge is 0.497 e. The summed E-state index contributed by atoms with van der Waals surface area (Å²) >= 11 is 1.64. The first-order chi connectivity index (χ1) is 12.9. The molecule has 0 aliphatic carbocycles. The van der Waals surface area contributed by atoms with Crippen molar-refractivity contribution in [1.29, 1.82) is 0 Å². The second-order valence-electron chi connectivity index (χ2n) is 7.57. The number of fused-ring (bicyclic) bond motifs is 1. The quantitative estimate of drug-likeness (QED) is 0.786. The highest BCUT2D eigenvalue weighted by Gasteiger charge is 2.34. The highest BCUT2D eigenvalue weighted by atomic mass is 32.2. The number of hydrogen-bond donors (Lipinski definition) is 1. The Labute approximate surface area is 165 Å². The third-order valence-corrected chi connectivity index (χ3v) is 5.60. The van der Waals surface area contributed by atoms with Crippen LogP contribution in [-0.4, -0.2) is 24.4 Å². The monoisotopic (exact) mass is 385 g/mol. The lowest BCUT2D eigenvalue weighted by Crippen LogP contribution is -2.41. The first kappa shape index (κ1) is 19.6. The van der Waals surface area contributed by atoms with Crippen LogP contribution in [0, 0.1) is 6.92 Å². The smallest absolute Gasteiger partial charge is 0.230 e. The van der Waals surface area contributed by atoms with Crippen LogP contribution >= 0.6 is 11.8 Å². The minimum Gasteiger partial charge on any atom is -0.497 e. The minimum atomic E-state index is -0.341. The molecule has 0 saturated carbocycles. The molecular weight excluding hydrogens is 358 g/mol. The maximum Gasteiger partial charge on any atom is 0.230 e. The van der Waals surface area contributed by atoms with Gasteiger partial charge in [-0.15, -0.1) is 11.8 Å². The highest BCUT2D eigenvalue weighted by Crippen LogP contribution is 2.41. The third kappa shape index (κ3) is 5.19. The summed E-state index contributed by atoms with van der Waals surface area (Å²) < 4.78 is 11.4. The van der Waals surface area contributed by atoms with Crippen molar-refractivity contribution in [2.45, 2.75) is 44.6 Å². The Balaban J connectivity index is 1.62. The van der Waals surface area contributed by atoms with Crippen molar-refractivity contribution in [3.05, 3.63) is 59.2 Å². The number of amides is 1. The summed E-state index contributed by atoms with van der Waals surface area (Å²) in [5.74, 6) is 2.87. The van der Waals surface area contributed by atoms with Crippen LogP contribution in [0.25, 0.3) is 0 Å². The van der Waals surface area contributed by atoms with E-state index in [0.717, 1.165) is 29.2 Å². The molecule has 0 radical (unpaired) electrons.